The number of alkyl carbamates (subject to hydrolysis) is 1. The number of aromatic nitrogens is 2. The highest BCUT2D eigenvalue weighted by atomic mass is 32.2. The van der Waals surface area contributed by atoms with Crippen LogP contribution >= 0.6 is 11.3 Å². The first-order valence-corrected chi connectivity index (χ1v) is 18.4. The lowest BCUT2D eigenvalue weighted by molar-refractivity contribution is -0.132. The van der Waals surface area contributed by atoms with E-state index in [4.69, 9.17) is 4.74 Å². The topological polar surface area (TPSA) is 206 Å². The number of carbonyl (C=O) groups is 4. The minimum Gasteiger partial charge on any atom is -0.442 e. The van der Waals surface area contributed by atoms with Crippen LogP contribution in [0.25, 0.3) is 0 Å². The van der Waals surface area contributed by atoms with Crippen LogP contribution in [0.15, 0.2) is 29.9 Å². The van der Waals surface area contributed by atoms with E-state index in [2.05, 4.69) is 31.2 Å². The number of carbonyl (C=O) groups excluding carboxylic acids is 4. The second-order valence-corrected chi connectivity index (χ2v) is 15.6. The largest absolute Gasteiger partial charge is 0.442 e. The number of ether oxygens (including phenoxy) is 1. The van der Waals surface area contributed by atoms with Crippen LogP contribution in [0.4, 0.5) is 4.79 Å². The summed E-state index contributed by atoms with van der Waals surface area (Å²) in [6.07, 6.45) is 2.19. The van der Waals surface area contributed by atoms with E-state index in [1.807, 2.05) is 13.8 Å². The third-order valence-electron chi connectivity index (χ3n) is 7.09. The first-order chi connectivity index (χ1) is 21.9. The summed E-state index contributed by atoms with van der Waals surface area (Å²) in [7, 11) is -3.73. The average Bonchev–Trinajstić information content (AvgIpc) is 3.40. The Hall–Kier alpha value is -3.63. The Morgan fingerprint density at radius 3 is 2.17 bits per heavy atom. The lowest BCUT2D eigenvalue weighted by Crippen LogP contribution is -2.55. The maximum atomic E-state index is 13.3. The fourth-order valence-corrected chi connectivity index (χ4v) is 6.16. The van der Waals surface area contributed by atoms with Crippen LogP contribution in [0.3, 0.4) is 0 Å². The number of pyridine rings is 1. The van der Waals surface area contributed by atoms with Crippen molar-refractivity contribution in [3.05, 3.63) is 46.2 Å². The molecule has 2 aromatic rings. The standard InChI is InChI=1S/C31H48N6O8S2/c1-18(2)12-23(35-29(40)24(17-47(7,43)44)36-31(42)45-15-26-34-21(6)16-46-26)25(38)13-20(5)28(39)37-27(19(3)4)30(41)33-14-22-8-10-32-11-9-22/h8-11,16,18-20,23-25,27,38H,12-15,17H2,1-7H3,(H,33,41)(H,35,40)(H,36,42)(H,37,39)/t20-,23+,24+,25+,27+/m1/s1. The highest BCUT2D eigenvalue weighted by Crippen LogP contribution is 2.17. The van der Waals surface area contributed by atoms with Gasteiger partial charge < -0.3 is 31.1 Å². The van der Waals surface area contributed by atoms with Gasteiger partial charge in [-0.2, -0.15) is 0 Å². The second-order valence-electron chi connectivity index (χ2n) is 12.5. The van der Waals surface area contributed by atoms with Crippen molar-refractivity contribution in [3.63, 3.8) is 0 Å². The number of aryl methyl sites for hydroxylation is 1. The zero-order chi connectivity index (χ0) is 35.3. The quantitative estimate of drug-likeness (QED) is 0.153. The summed E-state index contributed by atoms with van der Waals surface area (Å²) in [5.41, 5.74) is 1.61. The Kier molecular flexibility index (Phi) is 15.7. The van der Waals surface area contributed by atoms with E-state index < -0.39 is 63.6 Å². The van der Waals surface area contributed by atoms with Gasteiger partial charge in [-0.1, -0.05) is 34.6 Å². The van der Waals surface area contributed by atoms with E-state index in [1.54, 1.807) is 57.6 Å². The Morgan fingerprint density at radius 2 is 1.62 bits per heavy atom. The summed E-state index contributed by atoms with van der Waals surface area (Å²) in [5.74, 6) is -3.31. The minimum absolute atomic E-state index is 0.00142. The highest BCUT2D eigenvalue weighted by molar-refractivity contribution is 7.90. The van der Waals surface area contributed by atoms with Crippen molar-refractivity contribution >= 4 is 45.0 Å². The predicted molar refractivity (Wildman–Crippen MR) is 178 cm³/mol. The summed E-state index contributed by atoms with van der Waals surface area (Å²) in [6.45, 7) is 10.9. The Labute approximate surface area is 280 Å². The number of aliphatic hydroxyl groups is 1. The smallest absolute Gasteiger partial charge is 0.408 e. The molecule has 14 nitrogen and oxygen atoms in total. The van der Waals surface area contributed by atoms with Crippen LogP contribution in [0.5, 0.6) is 0 Å². The van der Waals surface area contributed by atoms with Crippen molar-refractivity contribution in [2.45, 2.75) is 91.8 Å². The molecule has 0 saturated carbocycles. The van der Waals surface area contributed by atoms with Crippen LogP contribution in [0.2, 0.25) is 0 Å². The molecule has 0 aliphatic heterocycles. The molecule has 0 aliphatic rings. The summed E-state index contributed by atoms with van der Waals surface area (Å²) < 4.78 is 29.4. The Morgan fingerprint density at radius 1 is 0.957 bits per heavy atom. The van der Waals surface area contributed by atoms with Gasteiger partial charge in [0.25, 0.3) is 0 Å². The number of amides is 4. The van der Waals surface area contributed by atoms with Crippen molar-refractivity contribution in [3.8, 4) is 0 Å². The van der Waals surface area contributed by atoms with E-state index in [1.165, 1.54) is 11.3 Å². The van der Waals surface area contributed by atoms with E-state index in [0.717, 1.165) is 17.5 Å². The van der Waals surface area contributed by atoms with E-state index in [-0.39, 0.29) is 37.3 Å². The van der Waals surface area contributed by atoms with Gasteiger partial charge in [0.15, 0.2) is 0 Å². The molecule has 0 aromatic carbocycles. The number of nitrogens with zero attached hydrogens (tertiary/aromatic N) is 2. The summed E-state index contributed by atoms with van der Waals surface area (Å²) in [6, 6.07) is 0.345. The minimum atomic E-state index is -3.73. The normalized spacial score (nSPS) is 14.9. The van der Waals surface area contributed by atoms with Gasteiger partial charge >= 0.3 is 6.09 Å². The molecule has 5 atom stereocenters. The predicted octanol–water partition coefficient (Wildman–Crippen LogP) is 1.86. The number of aliphatic hydroxyl groups excluding tert-OH is 1. The van der Waals surface area contributed by atoms with Gasteiger partial charge in [0.05, 0.1) is 17.9 Å². The van der Waals surface area contributed by atoms with E-state index in [0.29, 0.717) is 11.4 Å². The number of nitrogens with one attached hydrogen (secondary N) is 4. The second kappa shape index (κ2) is 18.6. The van der Waals surface area contributed by atoms with E-state index >= 15 is 0 Å². The number of rotatable bonds is 18. The van der Waals surface area contributed by atoms with Crippen molar-refractivity contribution in [2.75, 3.05) is 12.0 Å². The molecule has 0 saturated heterocycles. The zero-order valence-electron chi connectivity index (χ0n) is 28.0. The molecule has 0 radical (unpaired) electrons. The Balaban J connectivity index is 2.05. The van der Waals surface area contributed by atoms with Crippen molar-refractivity contribution in [1.29, 1.82) is 0 Å². The number of thiazole rings is 1. The monoisotopic (exact) mass is 696 g/mol. The Bertz CT molecular complexity index is 1430. The molecule has 2 aromatic heterocycles. The van der Waals surface area contributed by atoms with Gasteiger partial charge in [-0.3, -0.25) is 19.4 Å². The average molecular weight is 697 g/mol. The van der Waals surface area contributed by atoms with Gasteiger partial charge in [0, 0.05) is 42.2 Å². The lowest BCUT2D eigenvalue weighted by Gasteiger charge is -2.30. The van der Waals surface area contributed by atoms with Crippen LogP contribution < -0.4 is 21.3 Å². The number of hydrogen-bond acceptors (Lipinski definition) is 11. The molecule has 2 rings (SSSR count). The molecule has 2 heterocycles. The summed E-state index contributed by atoms with van der Waals surface area (Å²) in [4.78, 5) is 60.0. The van der Waals surface area contributed by atoms with Gasteiger partial charge in [-0.15, -0.1) is 11.3 Å². The molecular formula is C31H48N6O8S2. The molecule has 262 valence electrons. The first-order valence-electron chi connectivity index (χ1n) is 15.4. The van der Waals surface area contributed by atoms with Gasteiger partial charge in [-0.25, -0.2) is 18.2 Å². The fraction of sp³-hybridized carbons (Fsp3) is 0.613. The third kappa shape index (κ3) is 14.8. The lowest BCUT2D eigenvalue weighted by atomic mass is 9.91. The summed E-state index contributed by atoms with van der Waals surface area (Å²) >= 11 is 1.29. The molecule has 16 heteroatoms. The van der Waals surface area contributed by atoms with Crippen molar-refractivity contribution in [2.24, 2.45) is 17.8 Å². The number of sulfone groups is 1. The molecule has 4 amide bonds. The molecule has 5 N–H and O–H groups in total. The molecule has 0 fully saturated rings. The van der Waals surface area contributed by atoms with Crippen LogP contribution in [0, 0.1) is 24.7 Å². The van der Waals surface area contributed by atoms with Crippen molar-refractivity contribution < 1.29 is 37.4 Å². The molecule has 0 spiro atoms. The maximum Gasteiger partial charge on any atom is 0.408 e. The first kappa shape index (κ1) is 39.5. The van der Waals surface area contributed by atoms with Crippen molar-refractivity contribution in [1.82, 2.24) is 31.2 Å². The maximum absolute atomic E-state index is 13.3. The molecule has 0 aliphatic carbocycles. The van der Waals surface area contributed by atoms with Gasteiger partial charge in [-0.05, 0) is 49.3 Å². The van der Waals surface area contributed by atoms with Crippen LogP contribution in [-0.4, -0.2) is 83.5 Å². The molecular weight excluding hydrogens is 649 g/mol. The highest BCUT2D eigenvalue weighted by Gasteiger charge is 2.33. The van der Waals surface area contributed by atoms with Gasteiger partial charge in [0.2, 0.25) is 17.7 Å². The number of hydrogen-bond donors (Lipinski definition) is 5. The fourth-order valence-electron chi connectivity index (χ4n) is 4.63. The molecule has 0 bridgehead atoms. The van der Waals surface area contributed by atoms with E-state index in [9.17, 15) is 32.7 Å². The third-order valence-corrected chi connectivity index (χ3v) is 8.97. The zero-order valence-corrected chi connectivity index (χ0v) is 29.6. The summed E-state index contributed by atoms with van der Waals surface area (Å²) in [5, 5.41) is 24.1. The molecule has 0 unspecified atom stereocenters. The molecule has 47 heavy (non-hydrogen) atoms. The van der Waals surface area contributed by atoms with Crippen LogP contribution in [0.1, 0.15) is 63.7 Å². The van der Waals surface area contributed by atoms with Crippen LogP contribution in [-0.2, 0) is 42.1 Å². The van der Waals surface area contributed by atoms with Gasteiger partial charge in [0.1, 0.15) is 33.5 Å². The SMILES string of the molecule is Cc1csc(COC(=O)N[C@@H](CS(C)(=O)=O)C(=O)N[C@@H](CC(C)C)[C@@H](O)C[C@@H](C)C(=O)N[C@H](C(=O)NCc2ccncc2)C(C)C)n1.